The van der Waals surface area contributed by atoms with Crippen LogP contribution in [0.1, 0.15) is 29.8 Å². The van der Waals surface area contributed by atoms with E-state index in [9.17, 15) is 5.11 Å². The first kappa shape index (κ1) is 14.8. The van der Waals surface area contributed by atoms with Crippen LogP contribution in [0.25, 0.3) is 0 Å². The Labute approximate surface area is 123 Å². The lowest BCUT2D eigenvalue weighted by atomic mass is 10.1. The maximum Gasteiger partial charge on any atom is 0.140 e. The van der Waals surface area contributed by atoms with Gasteiger partial charge in [0.25, 0.3) is 0 Å². The van der Waals surface area contributed by atoms with Crippen molar-refractivity contribution in [1.82, 2.24) is 4.98 Å². The smallest absolute Gasteiger partial charge is 0.140 e. The van der Waals surface area contributed by atoms with Gasteiger partial charge in [0.15, 0.2) is 0 Å². The van der Waals surface area contributed by atoms with Gasteiger partial charge in [-0.15, -0.1) is 0 Å². The van der Waals surface area contributed by atoms with Crippen LogP contribution in [-0.4, -0.2) is 17.2 Å². The van der Waals surface area contributed by atoms with Crippen molar-refractivity contribution < 1.29 is 14.6 Å². The van der Waals surface area contributed by atoms with Crippen LogP contribution >= 0.6 is 0 Å². The maximum atomic E-state index is 9.77. The minimum Gasteiger partial charge on any atom is -0.497 e. The van der Waals surface area contributed by atoms with Crippen molar-refractivity contribution in [2.45, 2.75) is 19.6 Å². The fraction of sp³-hybridized carbons (Fsp3) is 0.250. The molecule has 108 valence electrons. The second-order valence-electron chi connectivity index (χ2n) is 4.53. The normalized spacial score (nSPS) is 11.5. The van der Waals surface area contributed by atoms with E-state index >= 15 is 0 Å². The van der Waals surface area contributed by atoms with Crippen LogP contribution in [0.2, 0.25) is 0 Å². The maximum absolute atomic E-state index is 9.77. The summed E-state index contributed by atoms with van der Waals surface area (Å²) in [6.45, 7) is 1.96. The summed E-state index contributed by atoms with van der Waals surface area (Å²) in [6, 6.07) is 10.7. The highest BCUT2D eigenvalue weighted by Crippen LogP contribution is 2.30. The number of pyridine rings is 1. The highest BCUT2D eigenvalue weighted by atomic mass is 16.5. The third kappa shape index (κ3) is 3.71. The average molecular weight is 284 g/mol. The zero-order valence-electron chi connectivity index (χ0n) is 11.9. The van der Waals surface area contributed by atoms with E-state index in [4.69, 9.17) is 14.7 Å². The number of hydrogen-bond donors (Lipinski definition) is 1. The molecule has 0 unspecified atom stereocenters. The summed E-state index contributed by atoms with van der Waals surface area (Å²) in [6.07, 6.45) is 0.927. The molecular formula is C16H16N2O3. The second-order valence-corrected chi connectivity index (χ2v) is 4.53. The zero-order chi connectivity index (χ0) is 15.2. The van der Waals surface area contributed by atoms with Crippen LogP contribution in [0.3, 0.4) is 0 Å². The number of aliphatic hydroxyl groups is 1. The first-order valence-corrected chi connectivity index (χ1v) is 6.48. The van der Waals surface area contributed by atoms with E-state index in [2.05, 4.69) is 4.98 Å². The number of hydrogen-bond acceptors (Lipinski definition) is 5. The first-order valence-electron chi connectivity index (χ1n) is 6.48. The summed E-state index contributed by atoms with van der Waals surface area (Å²) in [5.74, 6) is 1.21. The number of aliphatic hydroxyl groups excluding tert-OH is 1. The van der Waals surface area contributed by atoms with Crippen molar-refractivity contribution in [1.29, 1.82) is 5.26 Å². The summed E-state index contributed by atoms with van der Waals surface area (Å²) in [5, 5.41) is 18.6. The number of benzene rings is 1. The summed E-state index contributed by atoms with van der Waals surface area (Å²) in [4.78, 5) is 3.91. The zero-order valence-corrected chi connectivity index (χ0v) is 11.9. The van der Waals surface area contributed by atoms with E-state index in [1.807, 2.05) is 6.07 Å². The van der Waals surface area contributed by atoms with E-state index in [-0.39, 0.29) is 6.61 Å². The van der Waals surface area contributed by atoms with Crippen molar-refractivity contribution in [3.05, 3.63) is 53.3 Å². The highest BCUT2D eigenvalue weighted by Gasteiger charge is 2.11. The first-order chi connectivity index (χ1) is 10.1. The van der Waals surface area contributed by atoms with Crippen LogP contribution in [0.5, 0.6) is 11.5 Å². The lowest BCUT2D eigenvalue weighted by Gasteiger charge is -2.14. The minimum atomic E-state index is -0.641. The van der Waals surface area contributed by atoms with Crippen LogP contribution in [-0.2, 0) is 6.61 Å². The Morgan fingerprint density at radius 1 is 1.33 bits per heavy atom. The van der Waals surface area contributed by atoms with Gasteiger partial charge in [-0.2, -0.15) is 5.26 Å². The summed E-state index contributed by atoms with van der Waals surface area (Å²) >= 11 is 0. The predicted octanol–water partition coefficient (Wildman–Crippen LogP) is 2.59. The topological polar surface area (TPSA) is 75.4 Å². The third-order valence-corrected chi connectivity index (χ3v) is 3.00. The summed E-state index contributed by atoms with van der Waals surface area (Å²) < 4.78 is 10.9. The van der Waals surface area contributed by atoms with Crippen molar-refractivity contribution in [2.75, 3.05) is 7.11 Å². The minimum absolute atomic E-state index is 0.282. The molecule has 1 heterocycles. The van der Waals surface area contributed by atoms with E-state index < -0.39 is 6.10 Å². The number of methoxy groups -OCH3 is 1. The fourth-order valence-corrected chi connectivity index (χ4v) is 1.90. The Balaban J connectivity index is 2.20. The molecule has 1 N–H and O–H groups in total. The van der Waals surface area contributed by atoms with Gasteiger partial charge in [-0.3, -0.25) is 0 Å². The molecule has 0 aliphatic rings. The number of nitrogens with zero attached hydrogens (tertiary/aromatic N) is 2. The van der Waals surface area contributed by atoms with E-state index in [0.29, 0.717) is 22.8 Å². The lowest BCUT2D eigenvalue weighted by molar-refractivity contribution is 0.190. The number of aromatic nitrogens is 1. The quantitative estimate of drug-likeness (QED) is 0.913. The molecule has 5 nitrogen and oxygen atoms in total. The Kier molecular flexibility index (Phi) is 4.75. The Morgan fingerprint density at radius 3 is 2.81 bits per heavy atom. The molecule has 0 aliphatic carbocycles. The fourth-order valence-electron chi connectivity index (χ4n) is 1.90. The Hall–Kier alpha value is -2.58. The highest BCUT2D eigenvalue weighted by molar-refractivity contribution is 5.42. The Bertz CT molecular complexity index is 663. The van der Waals surface area contributed by atoms with Gasteiger partial charge in [-0.25, -0.2) is 4.98 Å². The molecule has 0 fully saturated rings. The van der Waals surface area contributed by atoms with Gasteiger partial charge in [0, 0.05) is 17.8 Å². The molecule has 5 heteroatoms. The van der Waals surface area contributed by atoms with E-state index in [1.54, 1.807) is 50.6 Å². The van der Waals surface area contributed by atoms with Crippen LogP contribution < -0.4 is 9.47 Å². The van der Waals surface area contributed by atoms with Gasteiger partial charge < -0.3 is 14.6 Å². The summed E-state index contributed by atoms with van der Waals surface area (Å²) in [5.41, 5.74) is 1.86. The summed E-state index contributed by atoms with van der Waals surface area (Å²) in [7, 11) is 1.57. The van der Waals surface area contributed by atoms with Gasteiger partial charge >= 0.3 is 0 Å². The monoisotopic (exact) mass is 284 g/mol. The molecule has 0 saturated carbocycles. The molecular weight excluding hydrogens is 268 g/mol. The predicted molar refractivity (Wildman–Crippen MR) is 76.9 cm³/mol. The molecule has 0 bridgehead atoms. The van der Waals surface area contributed by atoms with Crippen molar-refractivity contribution in [3.8, 4) is 17.6 Å². The molecule has 0 amide bonds. The van der Waals surface area contributed by atoms with Gasteiger partial charge in [-0.05, 0) is 36.8 Å². The molecule has 0 spiro atoms. The van der Waals surface area contributed by atoms with Crippen LogP contribution in [0.4, 0.5) is 0 Å². The molecule has 1 atom stereocenters. The SMILES string of the molecule is COc1ccc([C@@H](C)O)c(OCc2ccnc(C#N)c2)c1. The number of nitriles is 1. The van der Waals surface area contributed by atoms with Crippen LogP contribution in [0, 0.1) is 11.3 Å². The molecule has 21 heavy (non-hydrogen) atoms. The lowest BCUT2D eigenvalue weighted by Crippen LogP contribution is -2.02. The van der Waals surface area contributed by atoms with Gasteiger partial charge in [0.05, 0.1) is 13.2 Å². The van der Waals surface area contributed by atoms with Crippen molar-refractivity contribution >= 4 is 0 Å². The van der Waals surface area contributed by atoms with Crippen molar-refractivity contribution in [3.63, 3.8) is 0 Å². The molecule has 0 radical (unpaired) electrons. The van der Waals surface area contributed by atoms with E-state index in [1.165, 1.54) is 0 Å². The van der Waals surface area contributed by atoms with Crippen LogP contribution in [0.15, 0.2) is 36.5 Å². The van der Waals surface area contributed by atoms with Crippen molar-refractivity contribution in [2.24, 2.45) is 0 Å². The van der Waals surface area contributed by atoms with Gasteiger partial charge in [-0.1, -0.05) is 0 Å². The standard InChI is InChI=1S/C16H16N2O3/c1-11(19)15-4-3-14(20-2)8-16(15)21-10-12-5-6-18-13(7-12)9-17/h3-8,11,19H,10H2,1-2H3/t11-/m1/s1. The average Bonchev–Trinajstić information content (AvgIpc) is 2.52. The molecule has 1 aromatic heterocycles. The second kappa shape index (κ2) is 6.73. The molecule has 0 saturated heterocycles. The third-order valence-electron chi connectivity index (χ3n) is 3.00. The van der Waals surface area contributed by atoms with Gasteiger partial charge in [0.2, 0.25) is 0 Å². The largest absolute Gasteiger partial charge is 0.497 e. The number of rotatable bonds is 5. The van der Waals surface area contributed by atoms with E-state index in [0.717, 1.165) is 5.56 Å². The molecule has 1 aromatic carbocycles. The molecule has 2 aromatic rings. The van der Waals surface area contributed by atoms with Gasteiger partial charge in [0.1, 0.15) is 29.9 Å². The Morgan fingerprint density at radius 2 is 2.14 bits per heavy atom. The molecule has 2 rings (SSSR count). The molecule has 0 aliphatic heterocycles. The number of ether oxygens (including phenoxy) is 2.